The Morgan fingerprint density at radius 1 is 1.09 bits per heavy atom. The second-order valence-corrected chi connectivity index (χ2v) is 4.89. The molecule has 0 fully saturated rings. The molecule has 4 nitrogen and oxygen atoms in total. The van der Waals surface area contributed by atoms with Crippen LogP contribution in [0.2, 0.25) is 0 Å². The molecular weight excluding hydrogens is 285 g/mol. The Balaban J connectivity index is 1.85. The highest BCUT2D eigenvalue weighted by Gasteiger charge is 2.08. The normalized spacial score (nSPS) is 12.0. The maximum absolute atomic E-state index is 13.6. The van der Waals surface area contributed by atoms with Crippen molar-refractivity contribution in [3.8, 4) is 11.5 Å². The van der Waals surface area contributed by atoms with E-state index in [0.717, 1.165) is 16.9 Å². The Kier molecular flexibility index (Phi) is 5.75. The minimum absolute atomic E-state index is 0.224. The van der Waals surface area contributed by atoms with Gasteiger partial charge in [-0.2, -0.15) is 0 Å². The number of benzene rings is 2. The summed E-state index contributed by atoms with van der Waals surface area (Å²) in [5.74, 6) is 0.581. The predicted octanol–water partition coefficient (Wildman–Crippen LogP) is 2.67. The molecule has 1 atom stereocenters. The van der Waals surface area contributed by atoms with Gasteiger partial charge in [0.1, 0.15) is 5.75 Å². The van der Waals surface area contributed by atoms with E-state index in [4.69, 9.17) is 9.47 Å². The predicted molar refractivity (Wildman–Crippen MR) is 82.6 cm³/mol. The molecule has 0 aliphatic carbocycles. The Bertz CT molecular complexity index is 601. The fourth-order valence-corrected chi connectivity index (χ4v) is 2.12. The molecule has 0 spiro atoms. The molecule has 5 heteroatoms. The van der Waals surface area contributed by atoms with E-state index in [-0.39, 0.29) is 5.75 Å². The molecule has 2 aromatic rings. The van der Waals surface area contributed by atoms with Gasteiger partial charge in [0.15, 0.2) is 11.6 Å². The summed E-state index contributed by atoms with van der Waals surface area (Å²) in [4.78, 5) is 0. The molecule has 0 saturated heterocycles. The lowest BCUT2D eigenvalue weighted by molar-refractivity contribution is 0.174. The first-order chi connectivity index (χ1) is 10.6. The highest BCUT2D eigenvalue weighted by atomic mass is 19.1. The van der Waals surface area contributed by atoms with Crippen LogP contribution < -0.4 is 14.8 Å². The van der Waals surface area contributed by atoms with E-state index in [0.29, 0.717) is 13.1 Å². The summed E-state index contributed by atoms with van der Waals surface area (Å²) < 4.78 is 23.5. The van der Waals surface area contributed by atoms with Gasteiger partial charge in [-0.25, -0.2) is 4.39 Å². The highest BCUT2D eigenvalue weighted by molar-refractivity contribution is 5.30. The van der Waals surface area contributed by atoms with E-state index in [2.05, 4.69) is 5.32 Å². The molecule has 0 radical (unpaired) electrons. The molecular formula is C17H20FNO3. The average molecular weight is 305 g/mol. The first kappa shape index (κ1) is 16.3. The zero-order valence-electron chi connectivity index (χ0n) is 12.7. The molecule has 0 aliphatic rings. The number of methoxy groups -OCH3 is 2. The standard InChI is InChI=1S/C17H20FNO3/c1-21-14-6-4-13(5-7-14)16(20)11-19-10-12-3-8-17(22-2)15(18)9-12/h3-9,16,19-20H,10-11H2,1-2H3. The molecule has 22 heavy (non-hydrogen) atoms. The van der Waals surface area contributed by atoms with Gasteiger partial charge in [-0.05, 0) is 35.4 Å². The van der Waals surface area contributed by atoms with Gasteiger partial charge in [0, 0.05) is 13.1 Å². The third-order valence-electron chi connectivity index (χ3n) is 3.38. The fraction of sp³-hybridized carbons (Fsp3) is 0.294. The van der Waals surface area contributed by atoms with Crippen LogP contribution in [0.4, 0.5) is 4.39 Å². The second kappa shape index (κ2) is 7.77. The molecule has 118 valence electrons. The van der Waals surface area contributed by atoms with Crippen molar-refractivity contribution in [3.63, 3.8) is 0 Å². The van der Waals surface area contributed by atoms with Crippen LogP contribution in [-0.2, 0) is 6.54 Å². The maximum atomic E-state index is 13.6. The molecule has 2 aromatic carbocycles. The summed E-state index contributed by atoms with van der Waals surface area (Å²) in [7, 11) is 3.03. The SMILES string of the molecule is COc1ccc(C(O)CNCc2ccc(OC)c(F)c2)cc1. The van der Waals surface area contributed by atoms with Crippen LogP contribution in [0.25, 0.3) is 0 Å². The van der Waals surface area contributed by atoms with Crippen LogP contribution in [0, 0.1) is 5.82 Å². The van der Waals surface area contributed by atoms with Crippen molar-refractivity contribution in [1.29, 1.82) is 0 Å². The Hall–Kier alpha value is -2.11. The number of rotatable bonds is 7. The van der Waals surface area contributed by atoms with Gasteiger partial charge < -0.3 is 19.9 Å². The van der Waals surface area contributed by atoms with Crippen LogP contribution in [0.3, 0.4) is 0 Å². The van der Waals surface area contributed by atoms with Gasteiger partial charge in [0.05, 0.1) is 20.3 Å². The summed E-state index contributed by atoms with van der Waals surface area (Å²) in [6.07, 6.45) is -0.631. The van der Waals surface area contributed by atoms with Crippen LogP contribution >= 0.6 is 0 Å². The number of aliphatic hydroxyl groups is 1. The number of aliphatic hydroxyl groups excluding tert-OH is 1. The van der Waals surface area contributed by atoms with Crippen molar-refractivity contribution in [1.82, 2.24) is 5.32 Å². The Labute approximate surface area is 129 Å². The zero-order valence-corrected chi connectivity index (χ0v) is 12.7. The molecule has 0 aliphatic heterocycles. The number of halogens is 1. The van der Waals surface area contributed by atoms with Gasteiger partial charge in [0.25, 0.3) is 0 Å². The average Bonchev–Trinajstić information content (AvgIpc) is 2.55. The van der Waals surface area contributed by atoms with Crippen LogP contribution in [-0.4, -0.2) is 25.9 Å². The zero-order chi connectivity index (χ0) is 15.9. The summed E-state index contributed by atoms with van der Waals surface area (Å²) >= 11 is 0. The van der Waals surface area contributed by atoms with Gasteiger partial charge in [0.2, 0.25) is 0 Å². The van der Waals surface area contributed by atoms with Crippen LogP contribution in [0.5, 0.6) is 11.5 Å². The first-order valence-corrected chi connectivity index (χ1v) is 6.99. The maximum Gasteiger partial charge on any atom is 0.165 e. The smallest absolute Gasteiger partial charge is 0.165 e. The quantitative estimate of drug-likeness (QED) is 0.826. The number of hydrogen-bond donors (Lipinski definition) is 2. The highest BCUT2D eigenvalue weighted by Crippen LogP contribution is 2.19. The van der Waals surface area contributed by atoms with Gasteiger partial charge in [-0.1, -0.05) is 18.2 Å². The Morgan fingerprint density at radius 2 is 1.82 bits per heavy atom. The summed E-state index contributed by atoms with van der Waals surface area (Å²) in [6, 6.07) is 12.0. The summed E-state index contributed by atoms with van der Waals surface area (Å²) in [5, 5.41) is 13.2. The molecule has 0 aromatic heterocycles. The van der Waals surface area contributed by atoms with Crippen molar-refractivity contribution < 1.29 is 19.0 Å². The third kappa shape index (κ3) is 4.19. The van der Waals surface area contributed by atoms with Gasteiger partial charge in [-0.15, -0.1) is 0 Å². The van der Waals surface area contributed by atoms with Crippen molar-refractivity contribution in [2.75, 3.05) is 20.8 Å². The lowest BCUT2D eigenvalue weighted by Crippen LogP contribution is -2.21. The molecule has 1 unspecified atom stereocenters. The van der Waals surface area contributed by atoms with Crippen LogP contribution in [0.15, 0.2) is 42.5 Å². The Morgan fingerprint density at radius 3 is 2.41 bits per heavy atom. The lowest BCUT2D eigenvalue weighted by atomic mass is 10.1. The fourth-order valence-electron chi connectivity index (χ4n) is 2.12. The molecule has 0 amide bonds. The van der Waals surface area contributed by atoms with Crippen molar-refractivity contribution >= 4 is 0 Å². The van der Waals surface area contributed by atoms with E-state index < -0.39 is 11.9 Å². The van der Waals surface area contributed by atoms with Crippen molar-refractivity contribution in [2.45, 2.75) is 12.6 Å². The van der Waals surface area contributed by atoms with Crippen molar-refractivity contribution in [2.24, 2.45) is 0 Å². The van der Waals surface area contributed by atoms with E-state index in [1.54, 1.807) is 31.4 Å². The number of hydrogen-bond acceptors (Lipinski definition) is 4. The van der Waals surface area contributed by atoms with E-state index in [1.807, 2.05) is 12.1 Å². The number of nitrogens with one attached hydrogen (secondary N) is 1. The molecule has 0 saturated carbocycles. The van der Waals surface area contributed by atoms with Crippen molar-refractivity contribution in [3.05, 3.63) is 59.4 Å². The van der Waals surface area contributed by atoms with Gasteiger partial charge >= 0.3 is 0 Å². The lowest BCUT2D eigenvalue weighted by Gasteiger charge is -2.13. The monoisotopic (exact) mass is 305 g/mol. The summed E-state index contributed by atoms with van der Waals surface area (Å²) in [6.45, 7) is 0.841. The second-order valence-electron chi connectivity index (χ2n) is 4.89. The van der Waals surface area contributed by atoms with E-state index >= 15 is 0 Å². The molecule has 2 N–H and O–H groups in total. The molecule has 2 rings (SSSR count). The van der Waals surface area contributed by atoms with Gasteiger partial charge in [-0.3, -0.25) is 0 Å². The minimum Gasteiger partial charge on any atom is -0.497 e. The summed E-state index contributed by atoms with van der Waals surface area (Å²) in [5.41, 5.74) is 1.59. The molecule has 0 heterocycles. The van der Waals surface area contributed by atoms with E-state index in [9.17, 15) is 9.50 Å². The largest absolute Gasteiger partial charge is 0.497 e. The number of ether oxygens (including phenoxy) is 2. The topological polar surface area (TPSA) is 50.7 Å². The van der Waals surface area contributed by atoms with E-state index in [1.165, 1.54) is 13.2 Å². The van der Waals surface area contributed by atoms with Crippen LogP contribution in [0.1, 0.15) is 17.2 Å². The third-order valence-corrected chi connectivity index (χ3v) is 3.38. The minimum atomic E-state index is -0.631. The first-order valence-electron chi connectivity index (χ1n) is 6.99. The molecule has 0 bridgehead atoms.